The molecule has 25 nitrogen and oxygen atoms in total. The zero-order valence-electron chi connectivity index (χ0n) is 61.0. The number of thiophene rings is 4. The van der Waals surface area contributed by atoms with Crippen molar-refractivity contribution in [3.8, 4) is 45.7 Å². The van der Waals surface area contributed by atoms with E-state index in [0.717, 1.165) is 40.9 Å². The molecule has 0 aliphatic carbocycles. The number of nitrogen functional groups attached to an aromatic ring is 1. The molecule has 0 spiro atoms. The summed E-state index contributed by atoms with van der Waals surface area (Å²) in [6.07, 6.45) is -1.45. The molecular weight excluding hydrogens is 1490 g/mol. The van der Waals surface area contributed by atoms with E-state index in [1.54, 1.807) is 169 Å². The summed E-state index contributed by atoms with van der Waals surface area (Å²) in [6.45, 7) is 14.3. The van der Waals surface area contributed by atoms with Crippen molar-refractivity contribution >= 4 is 123 Å². The first-order valence-corrected chi connectivity index (χ1v) is 37.1. The van der Waals surface area contributed by atoms with E-state index in [2.05, 4.69) is 25.7 Å². The number of aromatic nitrogens is 8. The van der Waals surface area contributed by atoms with Gasteiger partial charge in [0.05, 0.1) is 83.7 Å². The largest absolute Gasteiger partial charge is 0.497 e. The quantitative estimate of drug-likeness (QED) is 0.0596. The molecule has 3 N–H and O–H groups in total. The number of methoxy groups -OCH3 is 3. The number of likely N-dealkylation sites (tertiary alicyclic amines) is 1. The van der Waals surface area contributed by atoms with E-state index >= 15 is 0 Å². The molecule has 0 unspecified atom stereocenters. The maximum absolute atomic E-state index is 13.6. The maximum atomic E-state index is 13.6. The fourth-order valence-electron chi connectivity index (χ4n) is 11.2. The number of ether oxygens (including phenoxy) is 6. The predicted molar refractivity (Wildman–Crippen MR) is 422 cm³/mol. The number of nitrogens with zero attached hydrogens (tertiary/aromatic N) is 10. The summed E-state index contributed by atoms with van der Waals surface area (Å²) >= 11 is 5.41. The van der Waals surface area contributed by atoms with Gasteiger partial charge in [-0.25, -0.2) is 27.2 Å². The molecule has 1 aliphatic rings. The molecule has 576 valence electrons. The highest BCUT2D eigenvalue weighted by molar-refractivity contribution is 7.16. The minimum absolute atomic E-state index is 0. The number of hydrogen-bond donors (Lipinski definition) is 2. The molecule has 9 heterocycles. The Labute approximate surface area is 639 Å². The second-order valence-corrected chi connectivity index (χ2v) is 30.2. The average Bonchev–Trinajstić information content (AvgIpc) is 1.61. The number of anilines is 3. The van der Waals surface area contributed by atoms with Crippen molar-refractivity contribution in [1.82, 2.24) is 44.0 Å². The van der Waals surface area contributed by atoms with Crippen LogP contribution < -0.4 is 57.1 Å². The summed E-state index contributed by atoms with van der Waals surface area (Å²) in [7, 11) is 4.68. The summed E-state index contributed by atoms with van der Waals surface area (Å²) in [5.41, 5.74) is 5.68. The molecule has 1 saturated heterocycles. The SMILES string of the molecule is C.COc1ccc(-n2nc(C(=O)N3CC[C@H](F)C3)c3csc(C)c3c2=O)cc1.COc1ccc(-n2nc(N(CCF)C(=O)OC(C)(C)C)c3csc(N)c3c2=O)cc1.COc1ccc(-n2nc(NCCF)c3csc(C)c3c2=O)cc1.Cc1scc2c(C(=O)OC(C)(C)C)nn(-c3ccc(OCCF)cc3)c(=O)c12. The summed E-state index contributed by atoms with van der Waals surface area (Å²) in [5, 5.41) is 31.5. The molecule has 13 rings (SSSR count). The second-order valence-electron chi connectivity index (χ2n) is 26.1. The van der Waals surface area contributed by atoms with Crippen LogP contribution in [-0.4, -0.2) is 154 Å². The fourth-order valence-corrected chi connectivity index (χ4v) is 14.5. The Balaban J connectivity index is 0.000000168. The van der Waals surface area contributed by atoms with E-state index in [1.165, 1.54) is 60.1 Å². The van der Waals surface area contributed by atoms with Crippen LogP contribution >= 0.6 is 45.3 Å². The third kappa shape index (κ3) is 18.6. The van der Waals surface area contributed by atoms with E-state index in [-0.39, 0.29) is 83.8 Å². The topological polar surface area (TPSA) is 291 Å². The molecule has 1 aliphatic heterocycles. The van der Waals surface area contributed by atoms with Crippen molar-refractivity contribution in [2.45, 2.75) is 93.5 Å². The van der Waals surface area contributed by atoms with Gasteiger partial charge in [-0.15, -0.1) is 55.5 Å². The van der Waals surface area contributed by atoms with Crippen molar-refractivity contribution in [1.29, 1.82) is 0 Å². The van der Waals surface area contributed by atoms with Crippen molar-refractivity contribution in [3.05, 3.63) is 186 Å². The molecular formula is C76H82F4N12O13S4. The Morgan fingerprint density at radius 2 is 0.954 bits per heavy atom. The lowest BCUT2D eigenvalue weighted by atomic mass is 10.1. The highest BCUT2D eigenvalue weighted by Gasteiger charge is 2.32. The van der Waals surface area contributed by atoms with Crippen LogP contribution in [0.4, 0.5) is 39.0 Å². The lowest BCUT2D eigenvalue weighted by molar-refractivity contribution is 0.00628. The second kappa shape index (κ2) is 35.3. The molecule has 33 heteroatoms. The lowest BCUT2D eigenvalue weighted by Crippen LogP contribution is -2.40. The van der Waals surface area contributed by atoms with Crippen LogP contribution in [0.1, 0.15) is 91.0 Å². The summed E-state index contributed by atoms with van der Waals surface area (Å²) in [5.74, 6) is 2.11. The average molecular weight is 1580 g/mol. The zero-order valence-corrected chi connectivity index (χ0v) is 64.3. The van der Waals surface area contributed by atoms with Crippen molar-refractivity contribution in [2.24, 2.45) is 0 Å². The number of amides is 2. The molecule has 1 fully saturated rings. The first-order chi connectivity index (χ1) is 51.5. The summed E-state index contributed by atoms with van der Waals surface area (Å²) in [6, 6.07) is 27.1. The number of nitrogens with two attached hydrogens (primary N) is 1. The minimum Gasteiger partial charge on any atom is -0.497 e. The van der Waals surface area contributed by atoms with Crippen LogP contribution in [0, 0.1) is 20.8 Å². The standard InChI is InChI=1S/C20H23FN4O4S.C20H21FN2O4S.C19H18FN3O3S.C16H16FN3O2S.CH4/c1-20(2,3)29-19(27)24(10-9-21)17-14-11-30-16(22)15(14)18(26)25(23-17)12-5-7-13(28-4)8-6-12;1-12-16-15(11-28-12)17(19(25)27-20(2,3)4)22-23(18(16)24)13-5-7-14(8-6-13)26-10-9-21;1-11-16-15(10-27-11)17(19(25)22-8-7-12(20)9-22)21-23(18(16)24)13-3-5-14(26-2)6-4-13;1-10-14-13(9-23-10)15(18-8-7-17)19-20(16(14)21)11-3-5-12(22-2)6-4-11;/h5-8,11H,9-10,22H2,1-4H3;5-8,11H,9-10H2,1-4H3;3-6,10,12H,7-9H2,1-2H3;3-6,9H,7-8H2,1-2H3,(H,18,19);1H4/t;;12-;;/m..0../s1. The molecule has 0 bridgehead atoms. The van der Waals surface area contributed by atoms with E-state index in [0.29, 0.717) is 96.8 Å². The Morgan fingerprint density at radius 3 is 1.39 bits per heavy atom. The zero-order chi connectivity index (χ0) is 78.1. The number of rotatable bonds is 18. The third-order valence-corrected chi connectivity index (χ3v) is 19.9. The Bertz CT molecular complexity index is 5500. The third-order valence-electron chi connectivity index (χ3n) is 16.3. The number of carbonyl (C=O) groups excluding carboxylic acids is 3. The molecule has 8 aromatic heterocycles. The van der Waals surface area contributed by atoms with Gasteiger partial charge in [-0.05, 0) is 166 Å². The van der Waals surface area contributed by atoms with Gasteiger partial charge in [0.25, 0.3) is 28.1 Å². The van der Waals surface area contributed by atoms with Crippen molar-refractivity contribution in [2.75, 3.05) is 90.1 Å². The lowest BCUT2D eigenvalue weighted by Gasteiger charge is -2.26. The van der Waals surface area contributed by atoms with Crippen LogP contribution in [0.5, 0.6) is 23.0 Å². The molecule has 0 saturated carbocycles. The number of esters is 1. The van der Waals surface area contributed by atoms with Crippen LogP contribution in [0.25, 0.3) is 65.8 Å². The Kier molecular flexibility index (Phi) is 26.6. The molecule has 0 radical (unpaired) electrons. The monoisotopic (exact) mass is 1570 g/mol. The first kappa shape index (κ1) is 82.0. The van der Waals surface area contributed by atoms with Crippen LogP contribution in [0.3, 0.4) is 0 Å². The van der Waals surface area contributed by atoms with Crippen LogP contribution in [0.15, 0.2) is 138 Å². The van der Waals surface area contributed by atoms with Crippen molar-refractivity contribution in [3.63, 3.8) is 0 Å². The summed E-state index contributed by atoms with van der Waals surface area (Å²) < 4.78 is 88.1. The van der Waals surface area contributed by atoms with Gasteiger partial charge < -0.3 is 44.4 Å². The van der Waals surface area contributed by atoms with E-state index in [9.17, 15) is 51.1 Å². The van der Waals surface area contributed by atoms with E-state index in [4.69, 9.17) is 34.2 Å². The Morgan fingerprint density at radius 1 is 0.541 bits per heavy atom. The molecule has 2 amide bonds. The molecule has 12 aromatic rings. The number of aryl methyl sites for hydroxylation is 3. The van der Waals surface area contributed by atoms with Gasteiger partial charge in [0.1, 0.15) is 67.0 Å². The Hall–Kier alpha value is -11.0. The van der Waals surface area contributed by atoms with Crippen molar-refractivity contribution < 1.29 is 60.4 Å². The molecule has 1 atom stereocenters. The first-order valence-electron chi connectivity index (χ1n) is 33.6. The normalized spacial score (nSPS) is 12.6. The van der Waals surface area contributed by atoms with Gasteiger partial charge >= 0.3 is 12.1 Å². The van der Waals surface area contributed by atoms with Crippen LogP contribution in [0.2, 0.25) is 0 Å². The minimum atomic E-state index is -1.01. The van der Waals surface area contributed by atoms with E-state index < -0.39 is 55.0 Å². The number of carbonyl (C=O) groups is 3. The fraction of sp³-hybridized carbons (Fsp3) is 0.329. The van der Waals surface area contributed by atoms with Gasteiger partial charge in [-0.3, -0.25) is 28.9 Å². The van der Waals surface area contributed by atoms with Gasteiger partial charge in [0, 0.05) is 70.8 Å². The maximum Gasteiger partial charge on any atom is 0.416 e. The number of fused-ring (bicyclic) bond motifs is 4. The summed E-state index contributed by atoms with van der Waals surface area (Å²) in [4.78, 5) is 95.4. The smallest absolute Gasteiger partial charge is 0.416 e. The number of nitrogens with one attached hydrogen (secondary N) is 1. The van der Waals surface area contributed by atoms with Gasteiger partial charge in [-0.1, -0.05) is 7.43 Å². The van der Waals surface area contributed by atoms with E-state index in [1.807, 2.05) is 26.2 Å². The highest BCUT2D eigenvalue weighted by Crippen LogP contribution is 2.35. The van der Waals surface area contributed by atoms with Gasteiger partial charge in [0.2, 0.25) is 0 Å². The molecule has 4 aromatic carbocycles. The highest BCUT2D eigenvalue weighted by atomic mass is 32.1. The van der Waals surface area contributed by atoms with Crippen LogP contribution in [-0.2, 0) is 9.47 Å². The number of hydrogen-bond acceptors (Lipinski definition) is 23. The number of halogens is 4. The van der Waals surface area contributed by atoms with Gasteiger partial charge in [-0.2, -0.15) is 28.9 Å². The number of alkyl halides is 4. The predicted octanol–water partition coefficient (Wildman–Crippen LogP) is 14.5. The van der Waals surface area contributed by atoms with Gasteiger partial charge in [0.15, 0.2) is 23.0 Å². The number of benzene rings is 4. The molecule has 109 heavy (non-hydrogen) atoms.